The molecule has 2 rings (SSSR count). The van der Waals surface area contributed by atoms with Crippen molar-refractivity contribution in [2.75, 3.05) is 13.2 Å². The highest BCUT2D eigenvalue weighted by molar-refractivity contribution is 5.14. The first-order chi connectivity index (χ1) is 8.12. The van der Waals surface area contributed by atoms with Crippen LogP contribution in [0.3, 0.4) is 0 Å². The molecule has 1 aromatic heterocycles. The monoisotopic (exact) mass is 236 g/mol. The minimum Gasteiger partial charge on any atom is -0.386 e. The zero-order chi connectivity index (χ0) is 12.3. The summed E-state index contributed by atoms with van der Waals surface area (Å²) in [5.74, 6) is 0. The van der Waals surface area contributed by atoms with Crippen LogP contribution in [-0.4, -0.2) is 34.9 Å². The fourth-order valence-corrected chi connectivity index (χ4v) is 2.10. The average molecular weight is 236 g/mol. The van der Waals surface area contributed by atoms with Crippen LogP contribution in [0.4, 0.5) is 0 Å². The van der Waals surface area contributed by atoms with Gasteiger partial charge < -0.3 is 15.2 Å². The summed E-state index contributed by atoms with van der Waals surface area (Å²) in [5.41, 5.74) is 0.441. The van der Waals surface area contributed by atoms with Crippen molar-refractivity contribution in [1.82, 2.24) is 10.3 Å². The molecule has 1 aromatic rings. The number of rotatable bonds is 4. The standard InChI is InChI=1S/C13H20N2O2/c1-10(12-3-6-14-7-4-12)15-9-13(16)5-8-17-11(13)2/h3-4,6-7,10-11,15-16H,5,8-9H2,1-2H3. The molecule has 1 aliphatic heterocycles. The lowest BCUT2D eigenvalue weighted by molar-refractivity contribution is -0.0274. The van der Waals surface area contributed by atoms with Crippen molar-refractivity contribution in [3.05, 3.63) is 30.1 Å². The van der Waals surface area contributed by atoms with Crippen LogP contribution in [0, 0.1) is 0 Å². The predicted molar refractivity (Wildman–Crippen MR) is 65.6 cm³/mol. The van der Waals surface area contributed by atoms with E-state index in [0.717, 1.165) is 0 Å². The van der Waals surface area contributed by atoms with E-state index in [-0.39, 0.29) is 12.1 Å². The Hall–Kier alpha value is -0.970. The van der Waals surface area contributed by atoms with Gasteiger partial charge in [-0.25, -0.2) is 0 Å². The second-order valence-electron chi connectivity index (χ2n) is 4.75. The van der Waals surface area contributed by atoms with Crippen LogP contribution in [0.2, 0.25) is 0 Å². The molecule has 0 saturated carbocycles. The normalized spacial score (nSPS) is 30.4. The number of aromatic nitrogens is 1. The average Bonchev–Trinajstić information content (AvgIpc) is 2.68. The predicted octanol–water partition coefficient (Wildman–Crippen LogP) is 1.27. The lowest BCUT2D eigenvalue weighted by Crippen LogP contribution is -2.46. The molecule has 0 bridgehead atoms. The summed E-state index contributed by atoms with van der Waals surface area (Å²) in [7, 11) is 0. The van der Waals surface area contributed by atoms with Crippen LogP contribution in [0.1, 0.15) is 31.9 Å². The molecule has 0 aromatic carbocycles. The zero-order valence-corrected chi connectivity index (χ0v) is 10.4. The molecule has 3 atom stereocenters. The molecule has 0 aliphatic carbocycles. The zero-order valence-electron chi connectivity index (χ0n) is 10.4. The number of nitrogens with zero attached hydrogens (tertiary/aromatic N) is 1. The smallest absolute Gasteiger partial charge is 0.105 e. The van der Waals surface area contributed by atoms with Crippen molar-refractivity contribution >= 4 is 0 Å². The van der Waals surface area contributed by atoms with Crippen molar-refractivity contribution in [3.8, 4) is 0 Å². The Balaban J connectivity index is 1.90. The third-order valence-corrected chi connectivity index (χ3v) is 3.58. The topological polar surface area (TPSA) is 54.4 Å². The molecule has 0 amide bonds. The van der Waals surface area contributed by atoms with E-state index in [9.17, 15) is 5.11 Å². The number of nitrogens with one attached hydrogen (secondary N) is 1. The molecular formula is C13H20N2O2. The molecule has 3 unspecified atom stereocenters. The molecule has 4 nitrogen and oxygen atoms in total. The number of aliphatic hydroxyl groups is 1. The summed E-state index contributed by atoms with van der Waals surface area (Å²) in [4.78, 5) is 3.99. The first kappa shape index (κ1) is 12.5. The summed E-state index contributed by atoms with van der Waals surface area (Å²) in [6, 6.07) is 4.17. The van der Waals surface area contributed by atoms with Gasteiger partial charge in [-0.05, 0) is 31.5 Å². The summed E-state index contributed by atoms with van der Waals surface area (Å²) in [6.07, 6.45) is 4.16. The van der Waals surface area contributed by atoms with Gasteiger partial charge in [-0.3, -0.25) is 4.98 Å². The van der Waals surface area contributed by atoms with Gasteiger partial charge in [0.1, 0.15) is 5.60 Å². The lowest BCUT2D eigenvalue weighted by Gasteiger charge is -2.28. The fourth-order valence-electron chi connectivity index (χ4n) is 2.10. The fraction of sp³-hybridized carbons (Fsp3) is 0.615. The van der Waals surface area contributed by atoms with E-state index in [0.29, 0.717) is 19.6 Å². The highest BCUT2D eigenvalue weighted by Gasteiger charge is 2.39. The van der Waals surface area contributed by atoms with Crippen LogP contribution in [-0.2, 0) is 4.74 Å². The van der Waals surface area contributed by atoms with E-state index in [1.54, 1.807) is 12.4 Å². The van der Waals surface area contributed by atoms with Crippen LogP contribution >= 0.6 is 0 Å². The van der Waals surface area contributed by atoms with Gasteiger partial charge in [0.05, 0.1) is 6.10 Å². The van der Waals surface area contributed by atoms with Crippen LogP contribution in [0.5, 0.6) is 0 Å². The van der Waals surface area contributed by atoms with E-state index in [1.165, 1.54) is 5.56 Å². The molecule has 2 heterocycles. The van der Waals surface area contributed by atoms with Gasteiger partial charge in [0.15, 0.2) is 0 Å². The molecule has 17 heavy (non-hydrogen) atoms. The quantitative estimate of drug-likeness (QED) is 0.826. The van der Waals surface area contributed by atoms with E-state index in [4.69, 9.17) is 4.74 Å². The minimum atomic E-state index is -0.735. The maximum atomic E-state index is 10.4. The van der Waals surface area contributed by atoms with Gasteiger partial charge in [-0.1, -0.05) is 0 Å². The molecule has 4 heteroatoms. The number of hydrogen-bond acceptors (Lipinski definition) is 4. The first-order valence-corrected chi connectivity index (χ1v) is 6.09. The highest BCUT2D eigenvalue weighted by atomic mass is 16.5. The second-order valence-corrected chi connectivity index (χ2v) is 4.75. The Bertz CT molecular complexity index is 358. The third kappa shape index (κ3) is 2.83. The molecule has 2 N–H and O–H groups in total. The molecule has 0 spiro atoms. The maximum absolute atomic E-state index is 10.4. The summed E-state index contributed by atoms with van der Waals surface area (Å²) >= 11 is 0. The van der Waals surface area contributed by atoms with E-state index in [2.05, 4.69) is 17.2 Å². The van der Waals surface area contributed by atoms with Crippen molar-refractivity contribution in [2.24, 2.45) is 0 Å². The molecule has 1 aliphatic rings. The number of pyridine rings is 1. The second kappa shape index (κ2) is 5.12. The van der Waals surface area contributed by atoms with Gasteiger partial charge >= 0.3 is 0 Å². The van der Waals surface area contributed by atoms with Crippen LogP contribution in [0.15, 0.2) is 24.5 Å². The van der Waals surface area contributed by atoms with Crippen LogP contribution in [0.25, 0.3) is 0 Å². The Kier molecular flexibility index (Phi) is 3.76. The molecule has 94 valence electrons. The summed E-state index contributed by atoms with van der Waals surface area (Å²) in [5, 5.41) is 13.7. The Morgan fingerprint density at radius 3 is 2.88 bits per heavy atom. The van der Waals surface area contributed by atoms with Gasteiger partial charge in [0, 0.05) is 38.0 Å². The summed E-state index contributed by atoms with van der Waals surface area (Å²) < 4.78 is 5.41. The van der Waals surface area contributed by atoms with Crippen LogP contribution < -0.4 is 5.32 Å². The molecular weight excluding hydrogens is 216 g/mol. The van der Waals surface area contributed by atoms with Crippen molar-refractivity contribution in [1.29, 1.82) is 0 Å². The van der Waals surface area contributed by atoms with Crippen molar-refractivity contribution in [3.63, 3.8) is 0 Å². The first-order valence-electron chi connectivity index (χ1n) is 6.09. The van der Waals surface area contributed by atoms with Crippen molar-refractivity contribution < 1.29 is 9.84 Å². The molecule has 0 radical (unpaired) electrons. The van der Waals surface area contributed by atoms with Gasteiger partial charge in [0.25, 0.3) is 0 Å². The number of hydrogen-bond donors (Lipinski definition) is 2. The van der Waals surface area contributed by atoms with Gasteiger partial charge in [0.2, 0.25) is 0 Å². The Morgan fingerprint density at radius 2 is 2.29 bits per heavy atom. The number of ether oxygens (including phenoxy) is 1. The van der Waals surface area contributed by atoms with E-state index in [1.807, 2.05) is 19.1 Å². The van der Waals surface area contributed by atoms with E-state index >= 15 is 0 Å². The van der Waals surface area contributed by atoms with E-state index < -0.39 is 5.60 Å². The van der Waals surface area contributed by atoms with Crippen molar-refractivity contribution in [2.45, 2.75) is 38.0 Å². The van der Waals surface area contributed by atoms with Gasteiger partial charge in [-0.2, -0.15) is 0 Å². The lowest BCUT2D eigenvalue weighted by atomic mass is 9.96. The highest BCUT2D eigenvalue weighted by Crippen LogP contribution is 2.25. The minimum absolute atomic E-state index is 0.0976. The summed E-state index contributed by atoms with van der Waals surface area (Å²) in [6.45, 7) is 5.20. The third-order valence-electron chi connectivity index (χ3n) is 3.58. The largest absolute Gasteiger partial charge is 0.386 e. The molecule has 1 fully saturated rings. The Morgan fingerprint density at radius 1 is 1.59 bits per heavy atom. The SMILES string of the molecule is CC(NCC1(O)CCOC1C)c1ccncc1. The molecule has 1 saturated heterocycles. The maximum Gasteiger partial charge on any atom is 0.105 e. The Labute approximate surface area is 102 Å². The van der Waals surface area contributed by atoms with Gasteiger partial charge in [-0.15, -0.1) is 0 Å².